The summed E-state index contributed by atoms with van der Waals surface area (Å²) in [4.78, 5) is 11.2. The van der Waals surface area contributed by atoms with Crippen molar-refractivity contribution in [3.8, 4) is 6.07 Å². The summed E-state index contributed by atoms with van der Waals surface area (Å²) in [5.74, 6) is 2.35. The third-order valence-electron chi connectivity index (χ3n) is 4.02. The first-order chi connectivity index (χ1) is 10.7. The third kappa shape index (κ3) is 3.34. The Morgan fingerprint density at radius 3 is 2.59 bits per heavy atom. The minimum Gasteiger partial charge on any atom is -0.356 e. The van der Waals surface area contributed by atoms with Crippen molar-refractivity contribution in [1.82, 2.24) is 9.97 Å². The monoisotopic (exact) mass is 293 g/mol. The van der Waals surface area contributed by atoms with E-state index in [1.54, 1.807) is 18.3 Å². The first kappa shape index (κ1) is 14.3. The van der Waals surface area contributed by atoms with Crippen LogP contribution in [0.2, 0.25) is 0 Å². The van der Waals surface area contributed by atoms with Gasteiger partial charge in [0.05, 0.1) is 11.6 Å². The summed E-state index contributed by atoms with van der Waals surface area (Å²) in [7, 11) is 0. The van der Waals surface area contributed by atoms with E-state index < -0.39 is 0 Å². The molecule has 22 heavy (non-hydrogen) atoms. The molecule has 1 aromatic heterocycles. The fourth-order valence-electron chi connectivity index (χ4n) is 2.58. The summed E-state index contributed by atoms with van der Waals surface area (Å²) >= 11 is 0. The summed E-state index contributed by atoms with van der Waals surface area (Å²) in [5, 5.41) is 12.0. The van der Waals surface area contributed by atoms with Crippen LogP contribution in [0.1, 0.15) is 25.3 Å². The molecule has 1 N–H and O–H groups in total. The van der Waals surface area contributed by atoms with Gasteiger partial charge in [0.2, 0.25) is 5.95 Å². The Labute approximate surface area is 130 Å². The number of piperidine rings is 1. The summed E-state index contributed by atoms with van der Waals surface area (Å²) in [6.45, 7) is 4.40. The predicted molar refractivity (Wildman–Crippen MR) is 87.1 cm³/mol. The lowest BCUT2D eigenvalue weighted by Crippen LogP contribution is -2.33. The number of hydrogen-bond acceptors (Lipinski definition) is 5. The van der Waals surface area contributed by atoms with Crippen molar-refractivity contribution >= 4 is 17.5 Å². The number of benzene rings is 1. The fraction of sp³-hybridized carbons (Fsp3) is 0.353. The second-order valence-corrected chi connectivity index (χ2v) is 5.72. The van der Waals surface area contributed by atoms with Crippen LogP contribution >= 0.6 is 0 Å². The van der Waals surface area contributed by atoms with Crippen LogP contribution < -0.4 is 10.2 Å². The minimum absolute atomic E-state index is 0.584. The predicted octanol–water partition coefficient (Wildman–Crippen LogP) is 3.33. The Kier molecular flexibility index (Phi) is 4.19. The highest BCUT2D eigenvalue weighted by Gasteiger charge is 2.17. The van der Waals surface area contributed by atoms with Crippen LogP contribution in [0, 0.1) is 17.2 Å². The standard InChI is InChI=1S/C17H19N5/c1-13-7-10-22(11-8-13)16-6-9-19-17(21-16)20-15-4-2-14(12-18)3-5-15/h2-6,9,13H,7-8,10-11H2,1H3,(H,19,20,21). The Bertz CT molecular complexity index is 666. The number of hydrogen-bond donors (Lipinski definition) is 1. The third-order valence-corrected chi connectivity index (χ3v) is 4.02. The summed E-state index contributed by atoms with van der Waals surface area (Å²) in [6.07, 6.45) is 4.21. The highest BCUT2D eigenvalue weighted by Crippen LogP contribution is 2.22. The largest absolute Gasteiger partial charge is 0.356 e. The molecule has 0 aliphatic carbocycles. The normalized spacial score (nSPS) is 15.4. The van der Waals surface area contributed by atoms with Crippen LogP contribution in [0.4, 0.5) is 17.5 Å². The second-order valence-electron chi connectivity index (χ2n) is 5.72. The number of nitriles is 1. The fourth-order valence-corrected chi connectivity index (χ4v) is 2.58. The van der Waals surface area contributed by atoms with Crippen molar-refractivity contribution in [2.75, 3.05) is 23.3 Å². The van der Waals surface area contributed by atoms with Gasteiger partial charge in [-0.05, 0) is 49.1 Å². The van der Waals surface area contributed by atoms with Crippen molar-refractivity contribution in [3.05, 3.63) is 42.1 Å². The van der Waals surface area contributed by atoms with Gasteiger partial charge in [-0.15, -0.1) is 0 Å². The molecule has 5 heteroatoms. The molecule has 2 heterocycles. The molecular formula is C17H19N5. The minimum atomic E-state index is 0.584. The average molecular weight is 293 g/mol. The average Bonchev–Trinajstić information content (AvgIpc) is 2.56. The van der Waals surface area contributed by atoms with Gasteiger partial charge in [0.25, 0.3) is 0 Å². The van der Waals surface area contributed by atoms with Gasteiger partial charge in [-0.2, -0.15) is 10.2 Å². The lowest BCUT2D eigenvalue weighted by atomic mass is 9.99. The summed E-state index contributed by atoms with van der Waals surface area (Å²) < 4.78 is 0. The van der Waals surface area contributed by atoms with Gasteiger partial charge in [0.15, 0.2) is 0 Å². The van der Waals surface area contributed by atoms with Crippen LogP contribution in [0.25, 0.3) is 0 Å². The van der Waals surface area contributed by atoms with E-state index in [-0.39, 0.29) is 0 Å². The molecule has 1 aliphatic rings. The first-order valence-electron chi connectivity index (χ1n) is 7.60. The number of nitrogens with zero attached hydrogens (tertiary/aromatic N) is 4. The van der Waals surface area contributed by atoms with E-state index in [2.05, 4.69) is 33.2 Å². The number of anilines is 3. The lowest BCUT2D eigenvalue weighted by molar-refractivity contribution is 0.436. The maximum absolute atomic E-state index is 8.82. The maximum atomic E-state index is 8.82. The zero-order chi connectivity index (χ0) is 15.4. The molecule has 0 bridgehead atoms. The zero-order valence-electron chi connectivity index (χ0n) is 12.7. The van der Waals surface area contributed by atoms with E-state index in [9.17, 15) is 0 Å². The first-order valence-corrected chi connectivity index (χ1v) is 7.60. The highest BCUT2D eigenvalue weighted by atomic mass is 15.2. The topological polar surface area (TPSA) is 64.8 Å². The Hall–Kier alpha value is -2.61. The molecule has 0 spiro atoms. The van der Waals surface area contributed by atoms with Crippen molar-refractivity contribution in [2.45, 2.75) is 19.8 Å². The molecule has 5 nitrogen and oxygen atoms in total. The highest BCUT2D eigenvalue weighted by molar-refractivity contribution is 5.56. The van der Waals surface area contributed by atoms with E-state index in [1.165, 1.54) is 12.8 Å². The smallest absolute Gasteiger partial charge is 0.229 e. The lowest BCUT2D eigenvalue weighted by Gasteiger charge is -2.31. The van der Waals surface area contributed by atoms with Crippen molar-refractivity contribution < 1.29 is 0 Å². The van der Waals surface area contributed by atoms with Crippen LogP contribution in [0.3, 0.4) is 0 Å². The Morgan fingerprint density at radius 2 is 1.91 bits per heavy atom. The quantitative estimate of drug-likeness (QED) is 0.940. The number of aromatic nitrogens is 2. The van der Waals surface area contributed by atoms with Crippen LogP contribution in [-0.2, 0) is 0 Å². The van der Waals surface area contributed by atoms with Gasteiger partial charge < -0.3 is 10.2 Å². The molecule has 1 fully saturated rings. The van der Waals surface area contributed by atoms with Crippen LogP contribution in [0.15, 0.2) is 36.5 Å². The molecule has 112 valence electrons. The van der Waals surface area contributed by atoms with Crippen LogP contribution in [0.5, 0.6) is 0 Å². The molecule has 0 unspecified atom stereocenters. The molecule has 1 aromatic carbocycles. The zero-order valence-corrected chi connectivity index (χ0v) is 12.7. The second kappa shape index (κ2) is 6.44. The van der Waals surface area contributed by atoms with Gasteiger partial charge in [-0.3, -0.25) is 0 Å². The molecule has 0 saturated carbocycles. The van der Waals surface area contributed by atoms with E-state index >= 15 is 0 Å². The van der Waals surface area contributed by atoms with E-state index in [0.29, 0.717) is 11.5 Å². The van der Waals surface area contributed by atoms with Gasteiger partial charge in [-0.1, -0.05) is 6.92 Å². The summed E-state index contributed by atoms with van der Waals surface area (Å²) in [6, 6.07) is 11.3. The van der Waals surface area contributed by atoms with E-state index in [1.807, 2.05) is 18.2 Å². The van der Waals surface area contributed by atoms with E-state index in [4.69, 9.17) is 5.26 Å². The van der Waals surface area contributed by atoms with Gasteiger partial charge >= 0.3 is 0 Å². The van der Waals surface area contributed by atoms with Crippen LogP contribution in [-0.4, -0.2) is 23.1 Å². The molecule has 0 radical (unpaired) electrons. The SMILES string of the molecule is CC1CCN(c2ccnc(Nc3ccc(C#N)cc3)n2)CC1. The Balaban J connectivity index is 1.72. The van der Waals surface area contributed by atoms with Crippen molar-refractivity contribution in [3.63, 3.8) is 0 Å². The summed E-state index contributed by atoms with van der Waals surface area (Å²) in [5.41, 5.74) is 1.52. The molecule has 0 atom stereocenters. The van der Waals surface area contributed by atoms with Gasteiger partial charge in [0.1, 0.15) is 5.82 Å². The molecule has 2 aromatic rings. The Morgan fingerprint density at radius 1 is 1.18 bits per heavy atom. The number of nitrogens with one attached hydrogen (secondary N) is 1. The van der Waals surface area contributed by atoms with Gasteiger partial charge in [-0.25, -0.2) is 4.98 Å². The molecular weight excluding hydrogens is 274 g/mol. The molecule has 0 amide bonds. The van der Waals surface area contributed by atoms with E-state index in [0.717, 1.165) is 30.5 Å². The molecule has 1 aliphatic heterocycles. The van der Waals surface area contributed by atoms with Crippen molar-refractivity contribution in [1.29, 1.82) is 5.26 Å². The molecule has 1 saturated heterocycles. The number of rotatable bonds is 3. The van der Waals surface area contributed by atoms with Gasteiger partial charge in [0, 0.05) is 25.0 Å². The molecule has 3 rings (SSSR count). The van der Waals surface area contributed by atoms with Crippen molar-refractivity contribution in [2.24, 2.45) is 5.92 Å². The maximum Gasteiger partial charge on any atom is 0.229 e.